The molecule has 0 saturated heterocycles. The van der Waals surface area contributed by atoms with Gasteiger partial charge in [0.1, 0.15) is 11.6 Å². The Kier molecular flexibility index (Phi) is 4.62. The van der Waals surface area contributed by atoms with E-state index in [4.69, 9.17) is 10.00 Å². The van der Waals surface area contributed by atoms with Gasteiger partial charge in [0.05, 0.1) is 30.8 Å². The molecule has 25 heavy (non-hydrogen) atoms. The summed E-state index contributed by atoms with van der Waals surface area (Å²) in [6.45, 7) is 4.01. The van der Waals surface area contributed by atoms with Crippen LogP contribution in [0.1, 0.15) is 0 Å². The standard InChI is InChI=1S/C20H16FN3O/c1-13(10-22)11-24-20-17-9-15(18-7-6-16(21)12-23-18)4-3-14(17)5-8-19(20)25-2/h3-9,12,24H,1,11H2,2H3. The van der Waals surface area contributed by atoms with Gasteiger partial charge in [-0.15, -0.1) is 0 Å². The number of fused-ring (bicyclic) bond motifs is 1. The van der Waals surface area contributed by atoms with Gasteiger partial charge in [-0.1, -0.05) is 24.8 Å². The molecule has 0 atom stereocenters. The highest BCUT2D eigenvalue weighted by atomic mass is 19.1. The Morgan fingerprint density at radius 3 is 2.76 bits per heavy atom. The number of ether oxygens (including phenoxy) is 1. The van der Waals surface area contributed by atoms with Crippen LogP contribution in [0.5, 0.6) is 5.75 Å². The third-order valence-electron chi connectivity index (χ3n) is 3.86. The van der Waals surface area contributed by atoms with E-state index in [1.165, 1.54) is 12.3 Å². The SMILES string of the molecule is C=C(C#N)CNc1c(OC)ccc2ccc(-c3ccc(F)cn3)cc12. The number of anilines is 1. The lowest BCUT2D eigenvalue weighted by atomic mass is 10.0. The molecule has 3 rings (SSSR count). The summed E-state index contributed by atoms with van der Waals surface area (Å²) in [6, 6.07) is 14.7. The number of pyridine rings is 1. The van der Waals surface area contributed by atoms with E-state index < -0.39 is 0 Å². The van der Waals surface area contributed by atoms with Crippen LogP contribution in [-0.4, -0.2) is 18.6 Å². The smallest absolute Gasteiger partial charge is 0.142 e. The first-order valence-electron chi connectivity index (χ1n) is 7.67. The molecular weight excluding hydrogens is 317 g/mol. The largest absolute Gasteiger partial charge is 0.495 e. The van der Waals surface area contributed by atoms with Gasteiger partial charge in [0, 0.05) is 23.1 Å². The first-order valence-corrected chi connectivity index (χ1v) is 7.67. The normalized spacial score (nSPS) is 10.3. The van der Waals surface area contributed by atoms with Gasteiger partial charge in [-0.2, -0.15) is 5.26 Å². The van der Waals surface area contributed by atoms with Crippen molar-refractivity contribution in [2.45, 2.75) is 0 Å². The zero-order chi connectivity index (χ0) is 17.8. The van der Waals surface area contributed by atoms with Crippen LogP contribution in [0, 0.1) is 17.1 Å². The zero-order valence-electron chi connectivity index (χ0n) is 13.7. The first-order chi connectivity index (χ1) is 12.1. The van der Waals surface area contributed by atoms with Crippen molar-refractivity contribution in [1.29, 1.82) is 5.26 Å². The number of methoxy groups -OCH3 is 1. The summed E-state index contributed by atoms with van der Waals surface area (Å²) in [5.74, 6) is 0.297. The lowest BCUT2D eigenvalue weighted by molar-refractivity contribution is 0.417. The van der Waals surface area contributed by atoms with E-state index in [0.717, 1.165) is 22.0 Å². The van der Waals surface area contributed by atoms with E-state index in [2.05, 4.69) is 16.9 Å². The molecule has 1 heterocycles. The van der Waals surface area contributed by atoms with E-state index in [9.17, 15) is 4.39 Å². The molecule has 0 radical (unpaired) electrons. The van der Waals surface area contributed by atoms with E-state index in [1.54, 1.807) is 13.2 Å². The Bertz CT molecular complexity index is 975. The van der Waals surface area contributed by atoms with Crippen LogP contribution in [0.15, 0.2) is 60.8 Å². The van der Waals surface area contributed by atoms with Crippen LogP contribution in [-0.2, 0) is 0 Å². The highest BCUT2D eigenvalue weighted by Crippen LogP contribution is 2.35. The average Bonchev–Trinajstić information content (AvgIpc) is 2.65. The second-order valence-electron chi connectivity index (χ2n) is 5.51. The minimum Gasteiger partial charge on any atom is -0.495 e. The molecule has 1 aromatic heterocycles. The molecule has 0 unspecified atom stereocenters. The fourth-order valence-electron chi connectivity index (χ4n) is 2.59. The molecule has 4 nitrogen and oxygen atoms in total. The van der Waals surface area contributed by atoms with Crippen molar-refractivity contribution in [2.75, 3.05) is 19.0 Å². The highest BCUT2D eigenvalue weighted by molar-refractivity contribution is 5.99. The van der Waals surface area contributed by atoms with Gasteiger partial charge >= 0.3 is 0 Å². The number of nitrogens with zero attached hydrogens (tertiary/aromatic N) is 2. The third kappa shape index (κ3) is 3.43. The summed E-state index contributed by atoms with van der Waals surface area (Å²) in [5.41, 5.74) is 2.75. The zero-order valence-corrected chi connectivity index (χ0v) is 13.7. The van der Waals surface area contributed by atoms with Crippen LogP contribution >= 0.6 is 0 Å². The summed E-state index contributed by atoms with van der Waals surface area (Å²) >= 11 is 0. The summed E-state index contributed by atoms with van der Waals surface area (Å²) in [5, 5.41) is 14.1. The number of aromatic nitrogens is 1. The molecule has 0 aliphatic rings. The lowest BCUT2D eigenvalue weighted by Gasteiger charge is -2.14. The van der Waals surface area contributed by atoms with Crippen LogP contribution in [0.2, 0.25) is 0 Å². The van der Waals surface area contributed by atoms with Gasteiger partial charge in [-0.3, -0.25) is 4.98 Å². The number of hydrogen-bond acceptors (Lipinski definition) is 4. The minimum atomic E-state index is -0.372. The Labute approximate surface area is 145 Å². The summed E-state index contributed by atoms with van der Waals surface area (Å²) in [7, 11) is 1.59. The van der Waals surface area contributed by atoms with Gasteiger partial charge < -0.3 is 10.1 Å². The Morgan fingerprint density at radius 1 is 1.28 bits per heavy atom. The van der Waals surface area contributed by atoms with Crippen molar-refractivity contribution in [3.63, 3.8) is 0 Å². The molecule has 124 valence electrons. The lowest BCUT2D eigenvalue weighted by Crippen LogP contribution is -2.05. The third-order valence-corrected chi connectivity index (χ3v) is 3.86. The molecule has 0 spiro atoms. The van der Waals surface area contributed by atoms with Crippen LogP contribution < -0.4 is 10.1 Å². The second-order valence-corrected chi connectivity index (χ2v) is 5.51. The predicted octanol–water partition coefficient (Wildman–Crippen LogP) is 4.54. The number of nitrogens with one attached hydrogen (secondary N) is 1. The first kappa shape index (κ1) is 16.5. The maximum Gasteiger partial charge on any atom is 0.142 e. The number of hydrogen-bond donors (Lipinski definition) is 1. The molecule has 0 aliphatic carbocycles. The summed E-state index contributed by atoms with van der Waals surface area (Å²) in [4.78, 5) is 4.13. The van der Waals surface area contributed by atoms with Gasteiger partial charge in [0.25, 0.3) is 0 Å². The molecule has 0 amide bonds. The Hall–Kier alpha value is -3.39. The van der Waals surface area contributed by atoms with Crippen molar-refractivity contribution >= 4 is 16.5 Å². The molecule has 3 aromatic rings. The van der Waals surface area contributed by atoms with E-state index in [-0.39, 0.29) is 5.82 Å². The number of halogens is 1. The van der Waals surface area contributed by atoms with Crippen molar-refractivity contribution < 1.29 is 9.13 Å². The highest BCUT2D eigenvalue weighted by Gasteiger charge is 2.10. The van der Waals surface area contributed by atoms with Crippen molar-refractivity contribution in [2.24, 2.45) is 0 Å². The molecule has 0 bridgehead atoms. The van der Waals surface area contributed by atoms with Crippen LogP contribution in [0.4, 0.5) is 10.1 Å². The van der Waals surface area contributed by atoms with Gasteiger partial charge in [-0.05, 0) is 29.7 Å². The van der Waals surface area contributed by atoms with Gasteiger partial charge in [-0.25, -0.2) is 4.39 Å². The predicted molar refractivity (Wildman–Crippen MR) is 96.9 cm³/mol. The summed E-state index contributed by atoms with van der Waals surface area (Å²) in [6.07, 6.45) is 1.20. The maximum absolute atomic E-state index is 13.1. The maximum atomic E-state index is 13.1. The van der Waals surface area contributed by atoms with E-state index >= 15 is 0 Å². The monoisotopic (exact) mass is 333 g/mol. The van der Waals surface area contributed by atoms with Gasteiger partial charge in [0.15, 0.2) is 0 Å². The molecule has 1 N–H and O–H groups in total. The molecule has 0 saturated carbocycles. The van der Waals surface area contributed by atoms with Crippen LogP contribution in [0.25, 0.3) is 22.0 Å². The quantitative estimate of drug-likeness (QED) is 0.696. The van der Waals surface area contributed by atoms with Crippen molar-refractivity contribution in [3.05, 3.63) is 66.6 Å². The number of benzene rings is 2. The topological polar surface area (TPSA) is 57.9 Å². The molecule has 0 fully saturated rings. The molecular formula is C20H16FN3O. The van der Waals surface area contributed by atoms with Crippen molar-refractivity contribution in [3.8, 4) is 23.1 Å². The fraction of sp³-hybridized carbons (Fsp3) is 0.100. The molecule has 5 heteroatoms. The number of rotatable bonds is 5. The Balaban J connectivity index is 2.11. The second kappa shape index (κ2) is 7.02. The van der Waals surface area contributed by atoms with E-state index in [0.29, 0.717) is 23.6 Å². The Morgan fingerprint density at radius 2 is 2.08 bits per heavy atom. The summed E-state index contributed by atoms with van der Waals surface area (Å²) < 4.78 is 18.5. The fourth-order valence-corrected chi connectivity index (χ4v) is 2.59. The molecule has 2 aromatic carbocycles. The number of nitriles is 1. The van der Waals surface area contributed by atoms with E-state index in [1.807, 2.05) is 36.4 Å². The minimum absolute atomic E-state index is 0.324. The van der Waals surface area contributed by atoms with Crippen LogP contribution in [0.3, 0.4) is 0 Å². The molecule has 0 aliphatic heterocycles. The van der Waals surface area contributed by atoms with Gasteiger partial charge in [0.2, 0.25) is 0 Å². The van der Waals surface area contributed by atoms with Crippen molar-refractivity contribution in [1.82, 2.24) is 4.98 Å². The average molecular weight is 333 g/mol.